The van der Waals surface area contributed by atoms with E-state index in [4.69, 9.17) is 0 Å². The van der Waals surface area contributed by atoms with Crippen molar-refractivity contribution >= 4 is 79.6 Å². The first kappa shape index (κ1) is 12.5. The van der Waals surface area contributed by atoms with E-state index in [2.05, 4.69) is 95.7 Å². The van der Waals surface area contributed by atoms with E-state index < -0.39 is 0 Å². The monoisotopic (exact) mass is 525 g/mol. The van der Waals surface area contributed by atoms with Crippen LogP contribution in [0.3, 0.4) is 0 Å². The molecule has 0 aromatic carbocycles. The summed E-state index contributed by atoms with van der Waals surface area (Å²) in [7, 11) is 0. The molecule has 0 aromatic heterocycles. The van der Waals surface area contributed by atoms with Gasteiger partial charge in [0.1, 0.15) is 0 Å². The molecule has 12 heavy (non-hydrogen) atoms. The summed E-state index contributed by atoms with van der Waals surface area (Å²) in [5.74, 6) is 0. The molecular weight excluding hydrogens is 527 g/mol. The fourth-order valence-corrected chi connectivity index (χ4v) is 5.14. The Bertz CT molecular complexity index is 278. The zero-order valence-corrected chi connectivity index (χ0v) is 14.5. The molecule has 0 bridgehead atoms. The Morgan fingerprint density at radius 3 is 1.92 bits per heavy atom. The van der Waals surface area contributed by atoms with E-state index in [1.165, 1.54) is 0 Å². The van der Waals surface area contributed by atoms with Gasteiger partial charge in [0.05, 0.1) is 0 Å². The molecule has 0 fully saturated rings. The van der Waals surface area contributed by atoms with Crippen LogP contribution in [-0.2, 0) is 16.0 Å². The first-order valence-electron chi connectivity index (χ1n) is 2.80. The number of hydrogen-bond donors (Lipinski definition) is 0. The minimum absolute atomic E-state index is 0.331. The van der Waals surface area contributed by atoms with Crippen LogP contribution in [-0.4, -0.2) is 8.56 Å². The van der Waals surface area contributed by atoms with Gasteiger partial charge in [-0.15, -0.1) is 0 Å². The van der Waals surface area contributed by atoms with Gasteiger partial charge in [0.15, 0.2) is 0 Å². The van der Waals surface area contributed by atoms with Gasteiger partial charge in [-0.05, 0) is 0 Å². The van der Waals surface area contributed by atoms with Gasteiger partial charge in [-0.25, -0.2) is 0 Å². The Labute approximate surface area is 121 Å². The molecule has 0 radical (unpaired) electrons. The maximum absolute atomic E-state index is 4.00. The Morgan fingerprint density at radius 1 is 1.25 bits per heavy atom. The fourth-order valence-electron chi connectivity index (χ4n) is 0.763. The second-order valence-corrected chi connectivity index (χ2v) is 8.26. The zero-order valence-electron chi connectivity index (χ0n) is 5.45. The average molecular weight is 529 g/mol. The SMILES string of the molecule is [Fe][C]1=C(CBr)C(Br)=C(Br)C1(Br)Br. The van der Waals surface area contributed by atoms with Crippen LogP contribution in [0.25, 0.3) is 0 Å². The van der Waals surface area contributed by atoms with E-state index in [0.29, 0.717) is 0 Å². The molecule has 0 atom stereocenters. The molecule has 1 aliphatic carbocycles. The molecule has 0 saturated heterocycles. The molecule has 0 heterocycles. The number of halogens is 5. The van der Waals surface area contributed by atoms with Crippen molar-refractivity contribution in [2.75, 3.05) is 5.33 Å². The molecule has 69 valence electrons. The van der Waals surface area contributed by atoms with Gasteiger partial charge in [0.25, 0.3) is 0 Å². The molecule has 1 aliphatic rings. The molecule has 0 aromatic rings. The summed E-state index contributed by atoms with van der Waals surface area (Å²) < 4.78 is 2.76. The van der Waals surface area contributed by atoms with E-state index in [1.807, 2.05) is 0 Å². The van der Waals surface area contributed by atoms with Crippen LogP contribution < -0.4 is 0 Å². The van der Waals surface area contributed by atoms with Gasteiger partial charge in [-0.3, -0.25) is 0 Å². The standard InChI is InChI=1S/C6H2Br5.Fe/c7-2-3-1-6(10,11)5(9)4(3)8;/h2H2;. The molecule has 0 saturated carbocycles. The first-order chi connectivity index (χ1) is 5.42. The summed E-state index contributed by atoms with van der Waals surface area (Å²) >= 11 is 21.5. The van der Waals surface area contributed by atoms with Gasteiger partial charge < -0.3 is 0 Å². The normalized spacial score (nSPS) is 22.5. The average Bonchev–Trinajstić information content (AvgIpc) is 2.15. The van der Waals surface area contributed by atoms with Crippen LogP contribution in [0.5, 0.6) is 0 Å². The summed E-state index contributed by atoms with van der Waals surface area (Å²) in [5, 5.41) is 0.792. The summed E-state index contributed by atoms with van der Waals surface area (Å²) in [6.07, 6.45) is 0. The van der Waals surface area contributed by atoms with Gasteiger partial charge in [0.2, 0.25) is 0 Å². The summed E-state index contributed by atoms with van der Waals surface area (Å²) in [6.45, 7) is 0. The van der Waals surface area contributed by atoms with Gasteiger partial charge >= 0.3 is 123 Å². The second kappa shape index (κ2) is 4.50. The van der Waals surface area contributed by atoms with Gasteiger partial charge in [0, 0.05) is 0 Å². The Kier molecular flexibility index (Phi) is 4.67. The molecule has 0 amide bonds. The van der Waals surface area contributed by atoms with Crippen LogP contribution in [0.4, 0.5) is 0 Å². The van der Waals surface area contributed by atoms with Crippen molar-refractivity contribution in [1.29, 1.82) is 0 Å². The molecule has 0 aliphatic heterocycles. The molecular formula is C6H2Br5Fe. The first-order valence-corrected chi connectivity index (χ1v) is 7.65. The summed E-state index contributed by atoms with van der Waals surface area (Å²) in [6, 6.07) is 0. The van der Waals surface area contributed by atoms with Crippen molar-refractivity contribution in [1.82, 2.24) is 0 Å². The quantitative estimate of drug-likeness (QED) is 0.342. The molecule has 1 rings (SSSR count). The Hall–Kier alpha value is 2.40. The molecule has 0 unspecified atom stereocenters. The van der Waals surface area contributed by atoms with Crippen molar-refractivity contribution in [2.45, 2.75) is 3.23 Å². The predicted octanol–water partition coefficient (Wildman–Crippen LogP) is 4.68. The van der Waals surface area contributed by atoms with E-state index in [-0.39, 0.29) is 3.23 Å². The van der Waals surface area contributed by atoms with Crippen molar-refractivity contribution in [2.24, 2.45) is 0 Å². The Balaban J connectivity index is 3.24. The summed E-state index contributed by atoms with van der Waals surface area (Å²) in [5.41, 5.74) is 1.16. The number of hydrogen-bond acceptors (Lipinski definition) is 0. The van der Waals surface area contributed by atoms with Crippen molar-refractivity contribution in [3.63, 3.8) is 0 Å². The van der Waals surface area contributed by atoms with E-state index in [1.54, 1.807) is 0 Å². The third-order valence-electron chi connectivity index (χ3n) is 1.39. The molecule has 6 heteroatoms. The van der Waals surface area contributed by atoms with E-state index in [9.17, 15) is 0 Å². The van der Waals surface area contributed by atoms with Crippen molar-refractivity contribution in [3.8, 4) is 0 Å². The third kappa shape index (κ3) is 2.00. The second-order valence-electron chi connectivity index (χ2n) is 2.12. The third-order valence-corrected chi connectivity index (χ3v) is 8.44. The van der Waals surface area contributed by atoms with Crippen LogP contribution in [0.15, 0.2) is 19.0 Å². The Morgan fingerprint density at radius 2 is 1.75 bits per heavy atom. The molecule has 0 N–H and O–H groups in total. The number of allylic oxidation sites excluding steroid dienone is 4. The van der Waals surface area contributed by atoms with Crippen molar-refractivity contribution < 1.29 is 16.0 Å². The molecule has 0 spiro atoms. The van der Waals surface area contributed by atoms with E-state index >= 15 is 0 Å². The summed E-state index contributed by atoms with van der Waals surface area (Å²) in [4.78, 5) is 0. The maximum atomic E-state index is 4.00. The van der Waals surface area contributed by atoms with Gasteiger partial charge in [-0.2, -0.15) is 0 Å². The molecule has 0 nitrogen and oxygen atoms in total. The minimum atomic E-state index is -0.331. The van der Waals surface area contributed by atoms with Crippen LogP contribution in [0, 0.1) is 0 Å². The topological polar surface area (TPSA) is 0 Å². The van der Waals surface area contributed by atoms with E-state index in [0.717, 1.165) is 24.3 Å². The number of alkyl halides is 3. The zero-order chi connectivity index (χ0) is 9.52. The van der Waals surface area contributed by atoms with Gasteiger partial charge in [-0.1, -0.05) is 0 Å². The van der Waals surface area contributed by atoms with Crippen LogP contribution in [0.1, 0.15) is 0 Å². The van der Waals surface area contributed by atoms with Crippen LogP contribution in [0.2, 0.25) is 0 Å². The predicted molar refractivity (Wildman–Crippen MR) is 66.3 cm³/mol. The number of rotatable bonds is 1. The fraction of sp³-hybridized carbons (Fsp3) is 0.333. The van der Waals surface area contributed by atoms with Crippen LogP contribution >= 0.6 is 79.6 Å². The van der Waals surface area contributed by atoms with Crippen molar-refractivity contribution in [3.05, 3.63) is 19.0 Å².